The van der Waals surface area contributed by atoms with Gasteiger partial charge in [0, 0.05) is 44.6 Å². The lowest BCUT2D eigenvalue weighted by molar-refractivity contribution is -0.119. The number of nitrogens with two attached hydrogens (primary N) is 1. The fourth-order valence-electron chi connectivity index (χ4n) is 3.54. The zero-order valence-electron chi connectivity index (χ0n) is 29.7. The molecule has 174 valence electrons. The Kier molecular flexibility index (Phi) is 3.01. The maximum absolute atomic E-state index is 14.1. The molecule has 0 saturated carbocycles. The van der Waals surface area contributed by atoms with Crippen LogP contribution in [0.2, 0.25) is 0 Å². The summed E-state index contributed by atoms with van der Waals surface area (Å²) in [5, 5.41) is 4.14. The van der Waals surface area contributed by atoms with Crippen LogP contribution in [-0.4, -0.2) is 47.7 Å². The number of aromatic nitrogens is 2. The van der Waals surface area contributed by atoms with Gasteiger partial charge in [0.05, 0.1) is 21.0 Å². The molecule has 1 saturated heterocycles. The van der Waals surface area contributed by atoms with E-state index in [4.69, 9.17) is 26.9 Å². The molecule has 0 bridgehead atoms. The molecular formula is C25H25N5O4. The third-order valence-corrected chi connectivity index (χ3v) is 5.19. The van der Waals surface area contributed by atoms with Gasteiger partial charge in [-0.3, -0.25) is 14.4 Å². The van der Waals surface area contributed by atoms with Crippen LogP contribution in [0.1, 0.15) is 62.1 Å². The van der Waals surface area contributed by atoms with Gasteiger partial charge in [-0.1, -0.05) is 0 Å². The molecule has 2 N–H and O–H groups in total. The number of amides is 3. The Hall–Kier alpha value is -4.14. The summed E-state index contributed by atoms with van der Waals surface area (Å²) < 4.78 is 106. The first-order valence-electron chi connectivity index (χ1n) is 16.0. The Morgan fingerprint density at radius 2 is 1.74 bits per heavy atom. The van der Waals surface area contributed by atoms with Crippen molar-refractivity contribution >= 4 is 29.1 Å². The topological polar surface area (TPSA) is 111 Å². The first kappa shape index (κ1) is 11.8. The standard InChI is InChI=1S/C25H25N5O4/c1-34-19-11-9-18(10-12-19)30-23-20(22(27-30)24(26)32)13-15-29(25(23)33)17-7-5-16(6-8-17)28-14-3-2-4-21(28)31/h5-12H,2-4,13-15H2,1H3,(H2,26,32)/i2D2,3D2,4D2,5D,6D,7D,8D,15D2. The third-order valence-electron chi connectivity index (χ3n) is 5.19. The second-order valence-corrected chi connectivity index (χ2v) is 7.14. The minimum absolute atomic E-state index is 0.168. The van der Waals surface area contributed by atoms with Gasteiger partial charge in [0.2, 0.25) is 5.91 Å². The van der Waals surface area contributed by atoms with Crippen LogP contribution in [0.5, 0.6) is 5.75 Å². The normalized spacial score (nSPS) is 27.0. The van der Waals surface area contributed by atoms with E-state index in [1.54, 1.807) is 0 Å². The van der Waals surface area contributed by atoms with E-state index in [2.05, 4.69) is 5.10 Å². The lowest BCUT2D eigenvalue weighted by Gasteiger charge is -2.29. The van der Waals surface area contributed by atoms with Crippen molar-refractivity contribution < 1.29 is 35.6 Å². The van der Waals surface area contributed by atoms with Gasteiger partial charge in [-0.05, 0) is 67.6 Å². The molecule has 3 aromatic rings. The molecule has 0 unspecified atom stereocenters. The van der Waals surface area contributed by atoms with E-state index in [1.165, 1.54) is 31.4 Å². The average Bonchev–Trinajstić information content (AvgIpc) is 3.35. The van der Waals surface area contributed by atoms with Crippen molar-refractivity contribution in [1.29, 1.82) is 0 Å². The minimum Gasteiger partial charge on any atom is -0.497 e. The molecule has 3 amide bonds. The van der Waals surface area contributed by atoms with E-state index < -0.39 is 97.5 Å². The van der Waals surface area contributed by atoms with Gasteiger partial charge in [-0.2, -0.15) is 5.10 Å². The maximum Gasteiger partial charge on any atom is 0.277 e. The minimum atomic E-state index is -3.48. The van der Waals surface area contributed by atoms with Crippen molar-refractivity contribution in [2.75, 3.05) is 30.0 Å². The Balaban J connectivity index is 1.70. The number of benzene rings is 2. The second-order valence-electron chi connectivity index (χ2n) is 7.14. The highest BCUT2D eigenvalue weighted by atomic mass is 16.5. The molecule has 3 heterocycles. The van der Waals surface area contributed by atoms with E-state index in [0.717, 1.165) is 4.68 Å². The summed E-state index contributed by atoms with van der Waals surface area (Å²) in [6, 6.07) is 1.85. The van der Waals surface area contributed by atoms with Crippen molar-refractivity contribution in [3.8, 4) is 11.4 Å². The molecule has 2 aromatic carbocycles. The van der Waals surface area contributed by atoms with E-state index in [1.807, 2.05) is 0 Å². The molecule has 1 fully saturated rings. The summed E-state index contributed by atoms with van der Waals surface area (Å²) in [5.74, 6) is -3.50. The molecule has 0 aliphatic carbocycles. The number of hydrogen-bond acceptors (Lipinski definition) is 5. The smallest absolute Gasteiger partial charge is 0.277 e. The predicted octanol–water partition coefficient (Wildman–Crippen LogP) is 2.70. The van der Waals surface area contributed by atoms with Crippen molar-refractivity contribution in [1.82, 2.24) is 9.78 Å². The van der Waals surface area contributed by atoms with Crippen molar-refractivity contribution in [2.45, 2.75) is 25.5 Å². The number of hydrogen-bond donors (Lipinski definition) is 1. The summed E-state index contributed by atoms with van der Waals surface area (Å²) in [6.45, 7) is -3.96. The lowest BCUT2D eigenvalue weighted by Crippen LogP contribution is -2.39. The SMILES string of the molecule is [2H]c1c([2H])c(N2C(=O)c3c(c(C(N)=O)nn3-c3ccc(OC)cc3)CC2([2H])[2H])c([2H])c([2H])c1N1CC([2H])([2H])C([2H])([2H])C([2H])([2H])C1=O. The molecule has 5 rings (SSSR count). The van der Waals surface area contributed by atoms with Crippen LogP contribution in [0.15, 0.2) is 48.4 Å². The van der Waals surface area contributed by atoms with E-state index in [0.29, 0.717) is 10.6 Å². The van der Waals surface area contributed by atoms with Crippen LogP contribution in [0.25, 0.3) is 5.69 Å². The summed E-state index contributed by atoms with van der Waals surface area (Å²) in [7, 11) is 1.42. The summed E-state index contributed by atoms with van der Waals surface area (Å²) in [4.78, 5) is 40.2. The van der Waals surface area contributed by atoms with Crippen molar-refractivity contribution in [3.05, 3.63) is 65.4 Å². The van der Waals surface area contributed by atoms with Gasteiger partial charge >= 0.3 is 0 Å². The predicted molar refractivity (Wildman–Crippen MR) is 127 cm³/mol. The molecule has 9 heteroatoms. The zero-order valence-corrected chi connectivity index (χ0v) is 17.7. The first-order chi connectivity index (χ1) is 21.1. The van der Waals surface area contributed by atoms with E-state index >= 15 is 0 Å². The number of carbonyl (C=O) groups is 3. The summed E-state index contributed by atoms with van der Waals surface area (Å²) >= 11 is 0. The fraction of sp³-hybridized carbons (Fsp3) is 0.280. The highest BCUT2D eigenvalue weighted by Gasteiger charge is 2.34. The van der Waals surface area contributed by atoms with Gasteiger partial charge in [0.15, 0.2) is 5.69 Å². The van der Waals surface area contributed by atoms with Gasteiger partial charge in [0.25, 0.3) is 11.8 Å². The number of methoxy groups -OCH3 is 1. The Morgan fingerprint density at radius 3 is 2.38 bits per heavy atom. The molecular weight excluding hydrogens is 434 g/mol. The van der Waals surface area contributed by atoms with Gasteiger partial charge in [-0.25, -0.2) is 4.68 Å². The average molecular weight is 472 g/mol. The van der Waals surface area contributed by atoms with Crippen molar-refractivity contribution in [2.24, 2.45) is 5.73 Å². The number of ether oxygens (including phenoxy) is 1. The quantitative estimate of drug-likeness (QED) is 0.615. The summed E-state index contributed by atoms with van der Waals surface area (Å²) in [5.41, 5.74) is 3.02. The molecule has 0 radical (unpaired) electrons. The van der Waals surface area contributed by atoms with Crippen LogP contribution in [0.3, 0.4) is 0 Å². The molecule has 1 aromatic heterocycles. The lowest BCUT2D eigenvalue weighted by atomic mass is 10.0. The number of fused-ring (bicyclic) bond motifs is 1. The molecule has 2 aliphatic rings. The van der Waals surface area contributed by atoms with Gasteiger partial charge in [-0.15, -0.1) is 0 Å². The molecule has 0 atom stereocenters. The van der Waals surface area contributed by atoms with Crippen LogP contribution in [0, 0.1) is 0 Å². The number of primary amides is 1. The third kappa shape index (κ3) is 3.68. The van der Waals surface area contributed by atoms with Gasteiger partial charge < -0.3 is 20.3 Å². The Morgan fingerprint density at radius 1 is 1.06 bits per heavy atom. The number of carbonyl (C=O) groups excluding carboxylic acids is 3. The molecule has 9 nitrogen and oxygen atoms in total. The first-order valence-corrected chi connectivity index (χ1v) is 9.95. The largest absolute Gasteiger partial charge is 0.497 e. The fourth-order valence-corrected chi connectivity index (χ4v) is 3.54. The van der Waals surface area contributed by atoms with Crippen molar-refractivity contribution in [3.63, 3.8) is 0 Å². The zero-order chi connectivity index (χ0) is 34.5. The molecule has 2 aliphatic heterocycles. The van der Waals surface area contributed by atoms with Crippen LogP contribution in [-0.2, 0) is 11.2 Å². The van der Waals surface area contributed by atoms with E-state index in [9.17, 15) is 14.4 Å². The number of nitrogens with zero attached hydrogens (tertiary/aromatic N) is 4. The van der Waals surface area contributed by atoms with E-state index in [-0.39, 0.29) is 21.8 Å². The molecule has 34 heavy (non-hydrogen) atoms. The van der Waals surface area contributed by atoms with Crippen LogP contribution >= 0.6 is 0 Å². The maximum atomic E-state index is 14.1. The van der Waals surface area contributed by atoms with Crippen LogP contribution in [0.4, 0.5) is 11.4 Å². The summed E-state index contributed by atoms with van der Waals surface area (Å²) in [6.07, 6.45) is -10.6. The highest BCUT2D eigenvalue weighted by molar-refractivity contribution is 6.09. The second kappa shape index (κ2) is 8.66. The highest BCUT2D eigenvalue weighted by Crippen LogP contribution is 2.31. The monoisotopic (exact) mass is 471 g/mol. The van der Waals surface area contributed by atoms with Crippen LogP contribution < -0.4 is 20.3 Å². The Labute approximate surface area is 213 Å². The number of rotatable bonds is 5. The number of piperidine rings is 1. The van der Waals surface area contributed by atoms with Gasteiger partial charge in [0.1, 0.15) is 11.4 Å². The Bertz CT molecular complexity index is 1800. The molecule has 0 spiro atoms. The number of anilines is 2.